The van der Waals surface area contributed by atoms with Crippen LogP contribution >= 0.6 is 46.4 Å². The average molecular weight is 628 g/mol. The van der Waals surface area contributed by atoms with Gasteiger partial charge in [0.2, 0.25) is 0 Å². The van der Waals surface area contributed by atoms with Crippen LogP contribution in [0, 0.1) is 0 Å². The Balaban J connectivity index is 2.03. The molecule has 0 fully saturated rings. The van der Waals surface area contributed by atoms with E-state index in [-0.39, 0.29) is 49.7 Å². The Labute approximate surface area is 250 Å². The van der Waals surface area contributed by atoms with Crippen molar-refractivity contribution >= 4 is 57.8 Å². The van der Waals surface area contributed by atoms with Crippen LogP contribution in [0.15, 0.2) is 48.5 Å². The average Bonchev–Trinajstić information content (AvgIpc) is 2.96. The maximum absolute atomic E-state index is 10.1. The van der Waals surface area contributed by atoms with Crippen LogP contribution in [0.5, 0.6) is 11.5 Å². The fraction of sp³-hybridized carbons (Fsp3) is 0.556. The fourth-order valence-electron chi connectivity index (χ4n) is 3.86. The molecule has 4 N–H and O–H groups in total. The molecule has 12 heteroatoms. The van der Waals surface area contributed by atoms with Gasteiger partial charge in [0.25, 0.3) is 0 Å². The first-order valence-electron chi connectivity index (χ1n) is 12.7. The Morgan fingerprint density at radius 2 is 0.846 bits per heavy atom. The fourth-order valence-corrected chi connectivity index (χ4v) is 4.25. The molecule has 0 radical (unpaired) electrons. The van der Waals surface area contributed by atoms with Gasteiger partial charge in [-0.3, -0.25) is 0 Å². The van der Waals surface area contributed by atoms with Crippen LogP contribution in [-0.2, 0) is 0 Å². The summed E-state index contributed by atoms with van der Waals surface area (Å²) < 4.78 is 12.1. The largest absolute Gasteiger partial charge is 0.491 e. The smallest absolute Gasteiger partial charge is 0.142 e. The first-order valence-corrected chi connectivity index (χ1v) is 14.9. The van der Waals surface area contributed by atoms with Crippen molar-refractivity contribution in [3.05, 3.63) is 48.5 Å². The summed E-state index contributed by atoms with van der Waals surface area (Å²) in [7, 11) is 0. The molecule has 0 heterocycles. The number of alkyl halides is 4. The molecule has 0 aromatic heterocycles. The monoisotopic (exact) mass is 626 g/mol. The van der Waals surface area contributed by atoms with Crippen molar-refractivity contribution in [2.45, 2.75) is 30.8 Å². The Kier molecular flexibility index (Phi) is 16.4. The third kappa shape index (κ3) is 12.0. The number of benzene rings is 2. The highest BCUT2D eigenvalue weighted by atomic mass is 35.5. The molecule has 2 aromatic rings. The Hall–Kier alpha value is -1.36. The summed E-state index contributed by atoms with van der Waals surface area (Å²) in [6.45, 7) is 1.55. The van der Waals surface area contributed by atoms with E-state index in [1.807, 2.05) is 48.5 Å². The lowest BCUT2D eigenvalue weighted by atomic mass is 10.2. The van der Waals surface area contributed by atoms with Gasteiger partial charge in [-0.25, -0.2) is 0 Å². The lowest BCUT2D eigenvalue weighted by Crippen LogP contribution is -2.39. The molecule has 0 bridgehead atoms. The van der Waals surface area contributed by atoms with Gasteiger partial charge in [-0.05, 0) is 24.3 Å². The van der Waals surface area contributed by atoms with E-state index in [0.717, 1.165) is 0 Å². The van der Waals surface area contributed by atoms with Gasteiger partial charge in [-0.2, -0.15) is 0 Å². The zero-order valence-electron chi connectivity index (χ0n) is 21.7. The number of hydrogen-bond donors (Lipinski definition) is 4. The first-order chi connectivity index (χ1) is 18.8. The van der Waals surface area contributed by atoms with Gasteiger partial charge in [-0.15, -0.1) is 46.4 Å². The third-order valence-corrected chi connectivity index (χ3v) is 7.08. The van der Waals surface area contributed by atoms with E-state index in [9.17, 15) is 20.4 Å². The molecule has 0 spiro atoms. The van der Waals surface area contributed by atoms with Gasteiger partial charge in [0, 0.05) is 32.6 Å². The van der Waals surface area contributed by atoms with Gasteiger partial charge in [0.15, 0.2) is 0 Å². The zero-order valence-corrected chi connectivity index (χ0v) is 24.7. The van der Waals surface area contributed by atoms with Gasteiger partial charge >= 0.3 is 0 Å². The molecule has 220 valence electrons. The molecule has 0 aliphatic heterocycles. The Morgan fingerprint density at radius 1 is 0.538 bits per heavy atom. The van der Waals surface area contributed by atoms with Gasteiger partial charge in [0.05, 0.1) is 72.5 Å². The van der Waals surface area contributed by atoms with E-state index < -0.39 is 24.4 Å². The maximum Gasteiger partial charge on any atom is 0.142 e. The van der Waals surface area contributed by atoms with Crippen LogP contribution in [0.4, 0.5) is 11.4 Å². The minimum Gasteiger partial charge on any atom is -0.491 e. The van der Waals surface area contributed by atoms with Crippen molar-refractivity contribution in [3.8, 4) is 11.5 Å². The number of ether oxygens (including phenoxy) is 2. The summed E-state index contributed by atoms with van der Waals surface area (Å²) >= 11 is 23.2. The topological polar surface area (TPSA) is 106 Å². The summed E-state index contributed by atoms with van der Waals surface area (Å²) in [4.78, 5) is 3.61. The number of para-hydroxylation sites is 4. The highest BCUT2D eigenvalue weighted by molar-refractivity contribution is 6.18. The minimum atomic E-state index is -0.786. The molecule has 0 amide bonds. The summed E-state index contributed by atoms with van der Waals surface area (Å²) in [5, 5.41) is 40.5. The highest BCUT2D eigenvalue weighted by Gasteiger charge is 2.20. The summed E-state index contributed by atoms with van der Waals surface area (Å²) in [5.74, 6) is 1.42. The van der Waals surface area contributed by atoms with Crippen LogP contribution < -0.4 is 19.3 Å². The van der Waals surface area contributed by atoms with Crippen LogP contribution in [-0.4, -0.2) is 108 Å². The molecule has 0 saturated carbocycles. The van der Waals surface area contributed by atoms with Crippen LogP contribution in [0.25, 0.3) is 0 Å². The second-order valence-corrected chi connectivity index (χ2v) is 10.3. The number of nitrogens with zero attached hydrogens (tertiary/aromatic N) is 2. The van der Waals surface area contributed by atoms with E-state index in [0.29, 0.717) is 42.5 Å². The summed E-state index contributed by atoms with van der Waals surface area (Å²) in [5.41, 5.74) is 1.42. The first kappa shape index (κ1) is 33.8. The Bertz CT molecular complexity index is 849. The molecule has 8 nitrogen and oxygen atoms in total. The summed E-state index contributed by atoms with van der Waals surface area (Å²) in [6, 6.07) is 14.7. The maximum atomic E-state index is 10.1. The van der Waals surface area contributed by atoms with Crippen molar-refractivity contribution in [3.63, 3.8) is 0 Å². The predicted octanol–water partition coefficient (Wildman–Crippen LogP) is 3.55. The summed E-state index contributed by atoms with van der Waals surface area (Å²) in [6.07, 6.45) is -2.58. The number of anilines is 2. The molecule has 2 rings (SSSR count). The molecule has 0 aliphatic carbocycles. The van der Waals surface area contributed by atoms with Crippen molar-refractivity contribution < 1.29 is 29.9 Å². The van der Waals surface area contributed by atoms with Crippen molar-refractivity contribution in [2.24, 2.45) is 0 Å². The van der Waals surface area contributed by atoms with Crippen LogP contribution in [0.3, 0.4) is 0 Å². The lowest BCUT2D eigenvalue weighted by molar-refractivity contribution is 0.180. The molecule has 2 aromatic carbocycles. The number of aliphatic hydroxyl groups excluding tert-OH is 4. The molecular formula is C27H38Cl4N2O6. The van der Waals surface area contributed by atoms with Crippen LogP contribution in [0.2, 0.25) is 0 Å². The molecule has 0 aliphatic rings. The normalized spacial score (nSPS) is 14.4. The van der Waals surface area contributed by atoms with E-state index in [4.69, 9.17) is 55.9 Å². The molecule has 39 heavy (non-hydrogen) atoms. The minimum absolute atomic E-state index is 0.0579. The quantitative estimate of drug-likeness (QED) is 0.131. The van der Waals surface area contributed by atoms with Gasteiger partial charge < -0.3 is 39.7 Å². The second-order valence-electron chi connectivity index (χ2n) is 9.03. The van der Waals surface area contributed by atoms with Crippen molar-refractivity contribution in [1.29, 1.82) is 0 Å². The number of rotatable bonds is 20. The van der Waals surface area contributed by atoms with E-state index >= 15 is 0 Å². The SMILES string of the molecule is OC(CCl)CN(CC(O)CCl)c1ccccc1OCCCOc1ccccc1N(CC(O)CCl)CC(O)CCl. The van der Waals surface area contributed by atoms with Crippen molar-refractivity contribution in [2.75, 3.05) is 72.7 Å². The van der Waals surface area contributed by atoms with Gasteiger partial charge in [0.1, 0.15) is 11.5 Å². The van der Waals surface area contributed by atoms with E-state index in [2.05, 4.69) is 0 Å². The molecule has 4 atom stereocenters. The lowest BCUT2D eigenvalue weighted by Gasteiger charge is -2.30. The van der Waals surface area contributed by atoms with E-state index in [1.165, 1.54) is 0 Å². The molecular weight excluding hydrogens is 590 g/mol. The zero-order chi connectivity index (χ0) is 28.6. The number of halogens is 4. The predicted molar refractivity (Wildman–Crippen MR) is 160 cm³/mol. The highest BCUT2D eigenvalue weighted by Crippen LogP contribution is 2.30. The van der Waals surface area contributed by atoms with Crippen molar-refractivity contribution in [1.82, 2.24) is 0 Å². The molecule has 0 saturated heterocycles. The second kappa shape index (κ2) is 18.9. The number of hydrogen-bond acceptors (Lipinski definition) is 8. The van der Waals surface area contributed by atoms with E-state index in [1.54, 1.807) is 9.80 Å². The third-order valence-electron chi connectivity index (χ3n) is 5.65. The Morgan fingerprint density at radius 3 is 1.15 bits per heavy atom. The standard InChI is InChI=1S/C27H38Cl4N2O6/c28-12-20(34)16-32(17-21(35)13-29)24-6-1-3-8-26(24)38-10-5-11-39-27-9-4-2-7-25(27)33(18-22(36)14-30)19-23(37)15-31/h1-4,6-9,20-23,34-37H,5,10-19H2. The van der Waals surface area contributed by atoms with Gasteiger partial charge in [-0.1, -0.05) is 24.3 Å². The number of aliphatic hydroxyl groups is 4. The van der Waals surface area contributed by atoms with Crippen LogP contribution in [0.1, 0.15) is 6.42 Å². The molecule has 4 unspecified atom stereocenters.